The highest BCUT2D eigenvalue weighted by Crippen LogP contribution is 2.16. The Morgan fingerprint density at radius 3 is 2.53 bits per heavy atom. The van der Waals surface area contributed by atoms with Gasteiger partial charge in [-0.05, 0) is 27.2 Å². The molecule has 0 amide bonds. The first-order valence-corrected chi connectivity index (χ1v) is 5.29. The van der Waals surface area contributed by atoms with E-state index in [-0.39, 0.29) is 5.54 Å². The molecule has 0 aromatic carbocycles. The maximum atomic E-state index is 5.74. The fourth-order valence-electron chi connectivity index (χ4n) is 1.37. The van der Waals surface area contributed by atoms with Gasteiger partial charge in [-0.15, -0.1) is 0 Å². The van der Waals surface area contributed by atoms with Crippen LogP contribution in [0.15, 0.2) is 6.07 Å². The van der Waals surface area contributed by atoms with E-state index in [2.05, 4.69) is 29.1 Å². The van der Waals surface area contributed by atoms with Crippen LogP contribution in [-0.2, 0) is 0 Å². The normalized spacial score (nSPS) is 14.7. The number of anilines is 1. The molecule has 3 N–H and O–H groups in total. The lowest BCUT2D eigenvalue weighted by molar-refractivity contribution is 0.504. The molecule has 4 heteroatoms. The molecule has 0 aliphatic rings. The average Bonchev–Trinajstić information content (AvgIpc) is 2.16. The lowest BCUT2D eigenvalue weighted by Crippen LogP contribution is -2.42. The van der Waals surface area contributed by atoms with Crippen LogP contribution in [0.5, 0.6) is 0 Å². The van der Waals surface area contributed by atoms with Gasteiger partial charge in [0.25, 0.3) is 0 Å². The third-order valence-electron chi connectivity index (χ3n) is 2.63. The van der Waals surface area contributed by atoms with Crippen LogP contribution in [0.25, 0.3) is 0 Å². The van der Waals surface area contributed by atoms with Crippen LogP contribution in [0.1, 0.15) is 31.8 Å². The first-order chi connectivity index (χ1) is 6.99. The lowest BCUT2D eigenvalue weighted by atomic mass is 9.99. The summed E-state index contributed by atoms with van der Waals surface area (Å²) in [6.45, 7) is 8.65. The highest BCUT2D eigenvalue weighted by atomic mass is 15.1. The third kappa shape index (κ3) is 3.16. The fourth-order valence-corrected chi connectivity index (χ4v) is 1.37. The summed E-state index contributed by atoms with van der Waals surface area (Å²) in [6.07, 6.45) is 0.964. The van der Waals surface area contributed by atoms with Crippen molar-refractivity contribution in [1.82, 2.24) is 9.97 Å². The highest BCUT2D eigenvalue weighted by Gasteiger charge is 2.20. The van der Waals surface area contributed by atoms with Gasteiger partial charge in [0.05, 0.1) is 0 Å². The maximum absolute atomic E-state index is 5.74. The van der Waals surface area contributed by atoms with E-state index < -0.39 is 0 Å². The van der Waals surface area contributed by atoms with Crippen LogP contribution in [0.2, 0.25) is 0 Å². The van der Waals surface area contributed by atoms with Crippen molar-refractivity contribution in [1.29, 1.82) is 0 Å². The number of nitrogens with zero attached hydrogens (tertiary/aromatic N) is 2. The van der Waals surface area contributed by atoms with Crippen molar-refractivity contribution in [3.8, 4) is 0 Å². The van der Waals surface area contributed by atoms with Gasteiger partial charge in [-0.1, -0.05) is 6.92 Å². The Labute approximate surface area is 91.3 Å². The molecule has 0 saturated heterocycles. The molecular weight excluding hydrogens is 188 g/mol. The van der Waals surface area contributed by atoms with Crippen molar-refractivity contribution in [2.24, 2.45) is 5.73 Å². The maximum Gasteiger partial charge on any atom is 0.130 e. The third-order valence-corrected chi connectivity index (χ3v) is 2.63. The predicted octanol–water partition coefficient (Wildman–Crippen LogP) is 1.63. The van der Waals surface area contributed by atoms with Gasteiger partial charge in [-0.3, -0.25) is 0 Å². The molecule has 0 fully saturated rings. The number of hydrogen-bond donors (Lipinski definition) is 2. The molecule has 1 aromatic rings. The van der Waals surface area contributed by atoms with Gasteiger partial charge >= 0.3 is 0 Å². The highest BCUT2D eigenvalue weighted by molar-refractivity contribution is 5.38. The lowest BCUT2D eigenvalue weighted by Gasteiger charge is -2.28. The summed E-state index contributed by atoms with van der Waals surface area (Å²) in [4.78, 5) is 8.57. The summed E-state index contributed by atoms with van der Waals surface area (Å²) < 4.78 is 0. The largest absolute Gasteiger partial charge is 0.364 e. The van der Waals surface area contributed by atoms with Crippen LogP contribution >= 0.6 is 0 Å². The molecule has 1 unspecified atom stereocenters. The van der Waals surface area contributed by atoms with Gasteiger partial charge < -0.3 is 11.1 Å². The molecule has 84 valence electrons. The smallest absolute Gasteiger partial charge is 0.130 e. The zero-order chi connectivity index (χ0) is 11.5. The van der Waals surface area contributed by atoms with E-state index in [1.165, 1.54) is 0 Å². The molecule has 4 nitrogen and oxygen atoms in total. The molecule has 1 aromatic heterocycles. The summed E-state index contributed by atoms with van der Waals surface area (Å²) in [5, 5.41) is 3.36. The average molecular weight is 208 g/mol. The zero-order valence-electron chi connectivity index (χ0n) is 9.96. The van der Waals surface area contributed by atoms with Gasteiger partial charge in [-0.2, -0.15) is 0 Å². The van der Waals surface area contributed by atoms with E-state index in [1.807, 2.05) is 19.9 Å². The number of aryl methyl sites for hydroxylation is 2. The van der Waals surface area contributed by atoms with E-state index in [9.17, 15) is 0 Å². The van der Waals surface area contributed by atoms with Crippen molar-refractivity contribution in [2.45, 2.75) is 39.7 Å². The van der Waals surface area contributed by atoms with Gasteiger partial charge in [0, 0.05) is 23.8 Å². The number of nitrogens with one attached hydrogen (secondary N) is 1. The quantitative estimate of drug-likeness (QED) is 0.789. The summed E-state index contributed by atoms with van der Waals surface area (Å²) in [6, 6.07) is 1.94. The van der Waals surface area contributed by atoms with E-state index in [4.69, 9.17) is 5.73 Å². The van der Waals surface area contributed by atoms with Crippen molar-refractivity contribution in [2.75, 3.05) is 11.9 Å². The van der Waals surface area contributed by atoms with Crippen LogP contribution in [0.4, 0.5) is 5.82 Å². The molecule has 0 aliphatic heterocycles. The molecule has 0 saturated carbocycles. The van der Waals surface area contributed by atoms with E-state index in [0.29, 0.717) is 6.54 Å². The molecular formula is C11H20N4. The number of nitrogens with two attached hydrogens (primary N) is 1. The van der Waals surface area contributed by atoms with Crippen molar-refractivity contribution in [3.05, 3.63) is 17.6 Å². The van der Waals surface area contributed by atoms with Gasteiger partial charge in [-0.25, -0.2) is 9.97 Å². The van der Waals surface area contributed by atoms with Crippen LogP contribution in [0, 0.1) is 13.8 Å². The fraction of sp³-hybridized carbons (Fsp3) is 0.636. The summed E-state index contributed by atoms with van der Waals surface area (Å²) >= 11 is 0. The second-order valence-corrected chi connectivity index (χ2v) is 4.19. The first-order valence-electron chi connectivity index (χ1n) is 5.29. The number of hydrogen-bond acceptors (Lipinski definition) is 4. The molecule has 0 bridgehead atoms. The Kier molecular flexibility index (Phi) is 3.63. The molecule has 0 spiro atoms. The number of rotatable bonds is 4. The standard InChI is InChI=1S/C11H20N4/c1-5-11(4,7-12)15-10-6-8(2)13-9(3)14-10/h6H,5,7,12H2,1-4H3,(H,13,14,15). The Hall–Kier alpha value is -1.16. The van der Waals surface area contributed by atoms with E-state index in [0.717, 1.165) is 23.8 Å². The van der Waals surface area contributed by atoms with Crippen molar-refractivity contribution in [3.63, 3.8) is 0 Å². The van der Waals surface area contributed by atoms with Crippen LogP contribution in [-0.4, -0.2) is 22.1 Å². The minimum absolute atomic E-state index is 0.0900. The van der Waals surface area contributed by atoms with E-state index >= 15 is 0 Å². The summed E-state index contributed by atoms with van der Waals surface area (Å²) in [7, 11) is 0. The van der Waals surface area contributed by atoms with Crippen molar-refractivity contribution >= 4 is 5.82 Å². The molecule has 15 heavy (non-hydrogen) atoms. The Morgan fingerprint density at radius 1 is 1.40 bits per heavy atom. The minimum atomic E-state index is -0.0900. The Morgan fingerprint density at radius 2 is 2.07 bits per heavy atom. The molecule has 1 heterocycles. The van der Waals surface area contributed by atoms with Crippen LogP contribution in [0.3, 0.4) is 0 Å². The molecule has 1 atom stereocenters. The first kappa shape index (κ1) is 11.9. The minimum Gasteiger partial charge on any atom is -0.364 e. The van der Waals surface area contributed by atoms with E-state index in [1.54, 1.807) is 0 Å². The van der Waals surface area contributed by atoms with Crippen molar-refractivity contribution < 1.29 is 0 Å². The Balaban J connectivity index is 2.88. The molecule has 1 rings (SSSR count). The topological polar surface area (TPSA) is 63.8 Å². The number of aromatic nitrogens is 2. The zero-order valence-corrected chi connectivity index (χ0v) is 9.96. The summed E-state index contributed by atoms with van der Waals surface area (Å²) in [5.41, 5.74) is 6.62. The Bertz CT molecular complexity index is 311. The second-order valence-electron chi connectivity index (χ2n) is 4.19. The SMILES string of the molecule is CCC(C)(CN)Nc1cc(C)nc(C)n1. The van der Waals surface area contributed by atoms with Gasteiger partial charge in [0.2, 0.25) is 0 Å². The monoisotopic (exact) mass is 208 g/mol. The second kappa shape index (κ2) is 4.57. The predicted molar refractivity (Wildman–Crippen MR) is 62.9 cm³/mol. The molecule has 0 aliphatic carbocycles. The van der Waals surface area contributed by atoms with Gasteiger partial charge in [0.15, 0.2) is 0 Å². The van der Waals surface area contributed by atoms with Gasteiger partial charge in [0.1, 0.15) is 11.6 Å². The molecule has 0 radical (unpaired) electrons. The van der Waals surface area contributed by atoms with Crippen LogP contribution < -0.4 is 11.1 Å². The summed E-state index contributed by atoms with van der Waals surface area (Å²) in [5.74, 6) is 1.64.